The molecule has 0 bridgehead atoms. The molecule has 0 N–H and O–H groups in total. The summed E-state index contributed by atoms with van der Waals surface area (Å²) in [7, 11) is 6.44. The number of methoxy groups -OCH3 is 4. The van der Waals surface area contributed by atoms with Crippen molar-refractivity contribution < 1.29 is 23.7 Å². The number of benzene rings is 2. The fraction of sp³-hybridized carbons (Fsp3) is 0.367. The highest BCUT2D eigenvalue weighted by Crippen LogP contribution is 2.46. The molecule has 9 nitrogen and oxygen atoms in total. The van der Waals surface area contributed by atoms with Gasteiger partial charge in [-0.2, -0.15) is 10.2 Å². The molecule has 0 saturated heterocycles. The number of allylic oxidation sites excluding steroid dienone is 1. The molecule has 0 radical (unpaired) electrons. The van der Waals surface area contributed by atoms with Gasteiger partial charge in [0.05, 0.1) is 45.2 Å². The summed E-state index contributed by atoms with van der Waals surface area (Å²) in [6, 6.07) is 11.2. The number of hydrazone groups is 1. The van der Waals surface area contributed by atoms with Crippen LogP contribution in [0.1, 0.15) is 53.8 Å². The number of halogens is 1. The molecule has 1 aliphatic heterocycles. The van der Waals surface area contributed by atoms with E-state index in [1.165, 1.54) is 0 Å². The lowest BCUT2D eigenvalue weighted by Gasteiger charge is -2.29. The molecule has 2 unspecified atom stereocenters. The van der Waals surface area contributed by atoms with Crippen molar-refractivity contribution in [2.75, 3.05) is 28.4 Å². The Bertz CT molecular complexity index is 1480. The van der Waals surface area contributed by atoms with Crippen LogP contribution in [0.2, 0.25) is 5.02 Å². The molecule has 2 aliphatic rings. The number of nitrogens with zero attached hydrogens (tertiary/aromatic N) is 4. The number of fused-ring (bicyclic) bond motifs is 1. The third-order valence-corrected chi connectivity index (χ3v) is 7.73. The van der Waals surface area contributed by atoms with Gasteiger partial charge in [-0.05, 0) is 73.2 Å². The average Bonchev–Trinajstić information content (AvgIpc) is 3.57. The Morgan fingerprint density at radius 2 is 1.68 bits per heavy atom. The highest BCUT2D eigenvalue weighted by atomic mass is 35.5. The first kappa shape index (κ1) is 27.6. The van der Waals surface area contributed by atoms with Gasteiger partial charge in [-0.25, -0.2) is 5.01 Å². The maximum absolute atomic E-state index is 14.0. The van der Waals surface area contributed by atoms with Crippen LogP contribution in [0.25, 0.3) is 6.08 Å². The van der Waals surface area contributed by atoms with Crippen molar-refractivity contribution in [3.8, 4) is 23.0 Å². The lowest BCUT2D eigenvalue weighted by Crippen LogP contribution is -2.32. The van der Waals surface area contributed by atoms with Gasteiger partial charge in [0.15, 0.2) is 28.7 Å². The molecule has 3 aromatic rings. The Morgan fingerprint density at radius 1 is 1.00 bits per heavy atom. The van der Waals surface area contributed by atoms with Gasteiger partial charge in [0, 0.05) is 18.7 Å². The van der Waals surface area contributed by atoms with Crippen LogP contribution < -0.4 is 18.9 Å². The number of hydrogen-bond acceptors (Lipinski definition) is 7. The molecule has 1 fully saturated rings. The van der Waals surface area contributed by atoms with E-state index in [2.05, 4.69) is 11.2 Å². The van der Waals surface area contributed by atoms with Gasteiger partial charge in [-0.15, -0.1) is 0 Å². The normalized spacial score (nSPS) is 19.3. The average molecular weight is 565 g/mol. The van der Waals surface area contributed by atoms with Gasteiger partial charge >= 0.3 is 0 Å². The highest BCUT2D eigenvalue weighted by Gasteiger charge is 2.45. The van der Waals surface area contributed by atoms with Gasteiger partial charge in [0.25, 0.3) is 5.91 Å². The van der Waals surface area contributed by atoms with E-state index in [0.717, 1.165) is 41.7 Å². The minimum atomic E-state index is -0.362. The van der Waals surface area contributed by atoms with E-state index < -0.39 is 0 Å². The van der Waals surface area contributed by atoms with Crippen LogP contribution in [0.3, 0.4) is 0 Å². The SMILES string of the molecule is CCn1cc(Cl)c(C(=O)N2N=C3C(=Cc4ccc(OC)c(OC)c4)CCCC3C2c2ccc(OC)c(OC)c2)n1. The summed E-state index contributed by atoms with van der Waals surface area (Å²) in [6.07, 6.45) is 6.46. The summed E-state index contributed by atoms with van der Waals surface area (Å²) in [6.45, 7) is 2.54. The number of carbonyl (C=O) groups is 1. The van der Waals surface area contributed by atoms with Crippen LogP contribution in [-0.2, 0) is 6.54 Å². The predicted molar refractivity (Wildman–Crippen MR) is 154 cm³/mol. The fourth-order valence-electron chi connectivity index (χ4n) is 5.49. The van der Waals surface area contributed by atoms with Gasteiger partial charge < -0.3 is 18.9 Å². The second kappa shape index (κ2) is 11.6. The highest BCUT2D eigenvalue weighted by molar-refractivity contribution is 6.33. The van der Waals surface area contributed by atoms with Crippen molar-refractivity contribution in [1.29, 1.82) is 0 Å². The van der Waals surface area contributed by atoms with E-state index >= 15 is 0 Å². The van der Waals surface area contributed by atoms with Crippen LogP contribution in [0, 0.1) is 5.92 Å². The van der Waals surface area contributed by atoms with E-state index in [1.807, 2.05) is 43.3 Å². The largest absolute Gasteiger partial charge is 0.493 e. The molecule has 2 atom stereocenters. The number of carbonyl (C=O) groups excluding carboxylic acids is 1. The van der Waals surface area contributed by atoms with Crippen molar-refractivity contribution in [2.45, 2.75) is 38.8 Å². The summed E-state index contributed by atoms with van der Waals surface area (Å²) in [5.74, 6) is 2.16. The molecule has 1 aliphatic carbocycles. The number of hydrogen-bond donors (Lipinski definition) is 0. The van der Waals surface area contributed by atoms with Crippen molar-refractivity contribution in [3.63, 3.8) is 0 Å². The molecule has 1 aromatic heterocycles. The molecule has 210 valence electrons. The minimum absolute atomic E-state index is 0.0192. The van der Waals surface area contributed by atoms with Gasteiger partial charge in [0.1, 0.15) is 0 Å². The number of ether oxygens (including phenoxy) is 4. The third kappa shape index (κ3) is 5.01. The Kier molecular flexibility index (Phi) is 8.02. The first-order valence-corrected chi connectivity index (χ1v) is 13.6. The van der Waals surface area contributed by atoms with Crippen LogP contribution >= 0.6 is 11.6 Å². The van der Waals surface area contributed by atoms with E-state index in [-0.39, 0.29) is 23.6 Å². The Balaban J connectivity index is 1.60. The van der Waals surface area contributed by atoms with Crippen LogP contribution in [-0.4, -0.2) is 54.8 Å². The van der Waals surface area contributed by atoms with Crippen molar-refractivity contribution in [3.05, 3.63) is 70.0 Å². The van der Waals surface area contributed by atoms with Crippen LogP contribution in [0.15, 0.2) is 53.3 Å². The lowest BCUT2D eigenvalue weighted by atomic mass is 9.77. The summed E-state index contributed by atoms with van der Waals surface area (Å²) < 4.78 is 23.6. The molecule has 1 saturated carbocycles. The standard InChI is InChI=1S/C30H33ClN4O5/c1-6-34-17-22(31)28(32-34)30(36)35-29(20-11-13-24(38-3)26(16-20)40-5)21-9-7-8-19(27(21)33-35)14-18-10-12-23(37-2)25(15-18)39-4/h10-17,21,29H,6-9H2,1-5H3. The first-order valence-electron chi connectivity index (χ1n) is 13.2. The van der Waals surface area contributed by atoms with Crippen molar-refractivity contribution in [2.24, 2.45) is 11.0 Å². The number of aromatic nitrogens is 2. The summed E-state index contributed by atoms with van der Waals surface area (Å²) in [5.41, 5.74) is 4.01. The maximum Gasteiger partial charge on any atom is 0.296 e. The molecule has 1 amide bonds. The third-order valence-electron chi connectivity index (χ3n) is 7.45. The zero-order valence-electron chi connectivity index (χ0n) is 23.3. The quantitative estimate of drug-likeness (QED) is 0.332. The molecule has 40 heavy (non-hydrogen) atoms. The Hall–Kier alpha value is -3.98. The molecular weight excluding hydrogens is 532 g/mol. The molecule has 5 rings (SSSR count). The van der Waals surface area contributed by atoms with Crippen molar-refractivity contribution >= 4 is 29.3 Å². The molecule has 2 aromatic carbocycles. The summed E-state index contributed by atoms with van der Waals surface area (Å²) >= 11 is 6.47. The van der Waals surface area contributed by atoms with E-state index in [9.17, 15) is 4.79 Å². The zero-order valence-corrected chi connectivity index (χ0v) is 24.1. The number of rotatable bonds is 8. The topological polar surface area (TPSA) is 87.4 Å². The van der Waals surface area contributed by atoms with E-state index in [4.69, 9.17) is 35.6 Å². The van der Waals surface area contributed by atoms with Gasteiger partial charge in [-0.1, -0.05) is 23.7 Å². The Morgan fingerprint density at radius 3 is 2.33 bits per heavy atom. The molecule has 0 spiro atoms. The fourth-order valence-corrected chi connectivity index (χ4v) is 5.73. The second-order valence-corrected chi connectivity index (χ2v) is 10.1. The summed E-state index contributed by atoms with van der Waals surface area (Å²) in [5, 5.41) is 11.3. The van der Waals surface area contributed by atoms with E-state index in [1.54, 1.807) is 44.3 Å². The van der Waals surface area contributed by atoms with Crippen LogP contribution in [0.5, 0.6) is 23.0 Å². The smallest absolute Gasteiger partial charge is 0.296 e. The van der Waals surface area contributed by atoms with Gasteiger partial charge in [0.2, 0.25) is 0 Å². The minimum Gasteiger partial charge on any atom is -0.493 e. The van der Waals surface area contributed by atoms with Gasteiger partial charge in [-0.3, -0.25) is 9.48 Å². The lowest BCUT2D eigenvalue weighted by molar-refractivity contribution is 0.0673. The van der Waals surface area contributed by atoms with Crippen molar-refractivity contribution in [1.82, 2.24) is 14.8 Å². The second-order valence-electron chi connectivity index (χ2n) is 9.66. The number of aryl methyl sites for hydroxylation is 1. The summed E-state index contributed by atoms with van der Waals surface area (Å²) in [4.78, 5) is 14.0. The first-order chi connectivity index (χ1) is 19.4. The number of amides is 1. The molecule has 2 heterocycles. The van der Waals surface area contributed by atoms with Crippen LogP contribution in [0.4, 0.5) is 0 Å². The maximum atomic E-state index is 14.0. The predicted octanol–water partition coefficient (Wildman–Crippen LogP) is 6.03. The molecular formula is C30H33ClN4O5. The Labute approximate surface area is 238 Å². The zero-order chi connectivity index (χ0) is 28.4. The monoisotopic (exact) mass is 564 g/mol. The van der Waals surface area contributed by atoms with E-state index in [0.29, 0.717) is 34.6 Å². The molecule has 10 heteroatoms.